The van der Waals surface area contributed by atoms with E-state index in [2.05, 4.69) is 15.4 Å². The number of rotatable bonds is 3. The normalized spacial score (nSPS) is 10.9. The van der Waals surface area contributed by atoms with Crippen molar-refractivity contribution in [1.82, 2.24) is 0 Å². The van der Waals surface area contributed by atoms with Crippen LogP contribution < -0.4 is 15.4 Å². The molecule has 0 fully saturated rings. The fraction of sp³-hybridized carbons (Fsp3) is 0.0714. The van der Waals surface area contributed by atoms with Crippen LogP contribution in [0, 0.1) is 5.82 Å². The standard InChI is InChI=1S/C14H10F4N2OS/c15-11-3-1-2-4-12(11)20-13(22)19-9-5-7-10(8-6-9)21-14(16,17)18/h1-8H,(H2,19,20,22). The molecule has 0 amide bonds. The monoisotopic (exact) mass is 330 g/mol. The number of ether oxygens (including phenoxy) is 1. The van der Waals surface area contributed by atoms with Gasteiger partial charge in [0.15, 0.2) is 5.11 Å². The predicted octanol–water partition coefficient (Wildman–Crippen LogP) is 4.53. The van der Waals surface area contributed by atoms with Crippen molar-refractivity contribution in [2.45, 2.75) is 6.36 Å². The molecule has 0 saturated carbocycles. The van der Waals surface area contributed by atoms with Crippen LogP contribution in [0.2, 0.25) is 0 Å². The summed E-state index contributed by atoms with van der Waals surface area (Å²) in [6.07, 6.45) is -4.74. The van der Waals surface area contributed by atoms with E-state index in [4.69, 9.17) is 12.2 Å². The van der Waals surface area contributed by atoms with Crippen LogP contribution in [0.4, 0.5) is 28.9 Å². The molecule has 0 atom stereocenters. The van der Waals surface area contributed by atoms with Gasteiger partial charge in [-0.05, 0) is 48.6 Å². The number of alkyl halides is 3. The van der Waals surface area contributed by atoms with Crippen molar-refractivity contribution in [2.24, 2.45) is 0 Å². The second-order valence-corrected chi connectivity index (χ2v) is 4.54. The lowest BCUT2D eigenvalue weighted by Crippen LogP contribution is -2.20. The van der Waals surface area contributed by atoms with Crippen molar-refractivity contribution in [3.63, 3.8) is 0 Å². The molecule has 22 heavy (non-hydrogen) atoms. The Morgan fingerprint density at radius 3 is 2.18 bits per heavy atom. The number of thiocarbonyl (C=S) groups is 1. The van der Waals surface area contributed by atoms with Gasteiger partial charge < -0.3 is 15.4 Å². The number of hydrogen-bond acceptors (Lipinski definition) is 2. The molecule has 2 aromatic carbocycles. The van der Waals surface area contributed by atoms with Crippen LogP contribution in [0.1, 0.15) is 0 Å². The van der Waals surface area contributed by atoms with Crippen LogP contribution >= 0.6 is 12.2 Å². The highest BCUT2D eigenvalue weighted by Gasteiger charge is 2.30. The molecule has 0 aliphatic carbocycles. The van der Waals surface area contributed by atoms with Gasteiger partial charge in [-0.1, -0.05) is 12.1 Å². The Hall–Kier alpha value is -2.35. The second kappa shape index (κ2) is 6.61. The summed E-state index contributed by atoms with van der Waals surface area (Å²) in [4.78, 5) is 0. The molecule has 2 N–H and O–H groups in total. The minimum absolute atomic E-state index is 0.106. The summed E-state index contributed by atoms with van der Waals surface area (Å²) in [5.74, 6) is -0.813. The molecule has 3 nitrogen and oxygen atoms in total. The largest absolute Gasteiger partial charge is 0.573 e. The third-order valence-corrected chi connectivity index (χ3v) is 2.67. The maximum absolute atomic E-state index is 13.4. The number of benzene rings is 2. The first-order valence-corrected chi connectivity index (χ1v) is 6.43. The van der Waals surface area contributed by atoms with Crippen LogP contribution in [-0.2, 0) is 0 Å². The Morgan fingerprint density at radius 2 is 1.59 bits per heavy atom. The van der Waals surface area contributed by atoms with E-state index in [0.717, 1.165) is 12.1 Å². The molecule has 0 radical (unpaired) electrons. The summed E-state index contributed by atoms with van der Waals surface area (Å²) in [7, 11) is 0. The van der Waals surface area contributed by atoms with E-state index >= 15 is 0 Å². The highest BCUT2D eigenvalue weighted by Crippen LogP contribution is 2.24. The molecule has 0 heterocycles. The van der Waals surface area contributed by atoms with Gasteiger partial charge in [-0.15, -0.1) is 13.2 Å². The molecule has 0 unspecified atom stereocenters. The topological polar surface area (TPSA) is 33.3 Å². The fourth-order valence-electron chi connectivity index (χ4n) is 1.59. The molecule has 116 valence electrons. The Morgan fingerprint density at radius 1 is 0.955 bits per heavy atom. The molecule has 0 spiro atoms. The molecule has 2 aromatic rings. The smallest absolute Gasteiger partial charge is 0.406 e. The highest BCUT2D eigenvalue weighted by atomic mass is 32.1. The number of hydrogen-bond donors (Lipinski definition) is 2. The summed E-state index contributed by atoms with van der Waals surface area (Å²) in [6.45, 7) is 0. The van der Waals surface area contributed by atoms with Crippen LogP contribution in [0.3, 0.4) is 0 Å². The van der Waals surface area contributed by atoms with Crippen LogP contribution in [-0.4, -0.2) is 11.5 Å². The Bertz CT molecular complexity index is 659. The molecule has 2 rings (SSSR count). The van der Waals surface area contributed by atoms with Crippen molar-refractivity contribution in [1.29, 1.82) is 0 Å². The number of para-hydroxylation sites is 1. The van der Waals surface area contributed by atoms with Crippen molar-refractivity contribution >= 4 is 28.7 Å². The van der Waals surface area contributed by atoms with Crippen LogP contribution in [0.5, 0.6) is 5.75 Å². The zero-order chi connectivity index (χ0) is 16.2. The molecule has 0 bridgehead atoms. The number of anilines is 2. The lowest BCUT2D eigenvalue weighted by molar-refractivity contribution is -0.274. The average Bonchev–Trinajstić information content (AvgIpc) is 2.42. The van der Waals surface area contributed by atoms with Crippen molar-refractivity contribution < 1.29 is 22.3 Å². The summed E-state index contributed by atoms with van der Waals surface area (Å²) < 4.78 is 53.3. The summed E-state index contributed by atoms with van der Waals surface area (Å²) in [5.41, 5.74) is 0.625. The molecule has 0 aromatic heterocycles. The lowest BCUT2D eigenvalue weighted by Gasteiger charge is -2.12. The van der Waals surface area contributed by atoms with Crippen LogP contribution in [0.25, 0.3) is 0 Å². The van der Waals surface area contributed by atoms with Gasteiger partial charge in [-0.3, -0.25) is 0 Å². The lowest BCUT2D eigenvalue weighted by atomic mass is 10.3. The third-order valence-electron chi connectivity index (χ3n) is 2.47. The zero-order valence-corrected chi connectivity index (χ0v) is 11.8. The maximum atomic E-state index is 13.4. The quantitative estimate of drug-likeness (QED) is 0.640. The van der Waals surface area contributed by atoms with Gasteiger partial charge in [0, 0.05) is 5.69 Å². The molecule has 0 aliphatic rings. The van der Waals surface area contributed by atoms with Crippen molar-refractivity contribution in [3.05, 3.63) is 54.3 Å². The van der Waals surface area contributed by atoms with Crippen molar-refractivity contribution in [3.8, 4) is 5.75 Å². The average molecular weight is 330 g/mol. The van der Waals surface area contributed by atoms with E-state index in [1.165, 1.54) is 30.3 Å². The number of halogens is 4. The van der Waals surface area contributed by atoms with Gasteiger partial charge in [0.05, 0.1) is 5.69 Å². The van der Waals surface area contributed by atoms with E-state index in [9.17, 15) is 17.6 Å². The van der Waals surface area contributed by atoms with E-state index in [0.29, 0.717) is 5.69 Å². The molecule has 0 saturated heterocycles. The van der Waals surface area contributed by atoms with E-state index in [1.54, 1.807) is 6.07 Å². The first-order chi connectivity index (χ1) is 10.3. The van der Waals surface area contributed by atoms with E-state index in [-0.39, 0.29) is 16.5 Å². The van der Waals surface area contributed by atoms with E-state index in [1.807, 2.05) is 0 Å². The minimum atomic E-state index is -4.74. The molecular formula is C14H10F4N2OS. The fourth-order valence-corrected chi connectivity index (χ4v) is 1.81. The van der Waals surface area contributed by atoms with Gasteiger partial charge >= 0.3 is 6.36 Å². The predicted molar refractivity (Wildman–Crippen MR) is 79.4 cm³/mol. The number of nitrogens with one attached hydrogen (secondary N) is 2. The molecule has 8 heteroatoms. The minimum Gasteiger partial charge on any atom is -0.406 e. The Kier molecular flexibility index (Phi) is 4.81. The van der Waals surface area contributed by atoms with Gasteiger partial charge in [-0.25, -0.2) is 4.39 Å². The summed E-state index contributed by atoms with van der Waals surface area (Å²) >= 11 is 5.00. The van der Waals surface area contributed by atoms with Crippen molar-refractivity contribution in [2.75, 3.05) is 10.6 Å². The van der Waals surface area contributed by atoms with Gasteiger partial charge in [0.1, 0.15) is 11.6 Å². The maximum Gasteiger partial charge on any atom is 0.573 e. The Labute approximate surface area is 128 Å². The highest BCUT2D eigenvalue weighted by molar-refractivity contribution is 7.80. The van der Waals surface area contributed by atoms with Gasteiger partial charge in [-0.2, -0.15) is 0 Å². The molecular weight excluding hydrogens is 320 g/mol. The first-order valence-electron chi connectivity index (χ1n) is 6.02. The van der Waals surface area contributed by atoms with E-state index < -0.39 is 12.2 Å². The Balaban J connectivity index is 1.96. The van der Waals surface area contributed by atoms with Gasteiger partial charge in [0.25, 0.3) is 0 Å². The van der Waals surface area contributed by atoms with Crippen LogP contribution in [0.15, 0.2) is 48.5 Å². The molecule has 0 aliphatic heterocycles. The summed E-state index contributed by atoms with van der Waals surface area (Å²) in [6, 6.07) is 10.9. The summed E-state index contributed by atoms with van der Waals surface area (Å²) in [5, 5.41) is 5.48. The zero-order valence-electron chi connectivity index (χ0n) is 10.9. The third kappa shape index (κ3) is 4.88. The first kappa shape index (κ1) is 16.0. The second-order valence-electron chi connectivity index (χ2n) is 4.13. The SMILES string of the molecule is Fc1ccccc1NC(=S)Nc1ccc(OC(F)(F)F)cc1. The van der Waals surface area contributed by atoms with Gasteiger partial charge in [0.2, 0.25) is 0 Å².